The van der Waals surface area contributed by atoms with Crippen LogP contribution in [0.3, 0.4) is 0 Å². The minimum absolute atomic E-state index is 0.815. The van der Waals surface area contributed by atoms with Gasteiger partial charge in [0.15, 0.2) is 0 Å². The van der Waals surface area contributed by atoms with Crippen LogP contribution in [0.4, 0.5) is 0 Å². The number of hydrogen-bond donors (Lipinski definition) is 0. The fourth-order valence-corrected chi connectivity index (χ4v) is 4.50. The van der Waals surface area contributed by atoms with Gasteiger partial charge in [-0.3, -0.25) is 0 Å². The summed E-state index contributed by atoms with van der Waals surface area (Å²) in [5.74, 6) is 0. The first-order valence-electron chi connectivity index (χ1n) is 12.5. The topological polar surface area (TPSA) is 0 Å². The Kier molecular flexibility index (Phi) is 16.0. The molecule has 0 nitrogen and oxygen atoms in total. The molecule has 0 radical (unpaired) electrons. The quantitative estimate of drug-likeness (QED) is 0.131. The molecule has 27 heavy (non-hydrogen) atoms. The molecule has 0 atom stereocenters. The predicted octanol–water partition coefficient (Wildman–Crippen LogP) is 9.94. The lowest BCUT2D eigenvalue weighted by Crippen LogP contribution is -2.00. The summed E-state index contributed by atoms with van der Waals surface area (Å²) < 4.78 is 0. The zero-order valence-corrected chi connectivity index (χ0v) is 18.6. The molecule has 0 amide bonds. The molecule has 0 spiro atoms. The molecule has 0 bridgehead atoms. The minimum Gasteiger partial charge on any atom is -0.103 e. The Morgan fingerprint density at radius 2 is 0.741 bits per heavy atom. The summed E-state index contributed by atoms with van der Waals surface area (Å²) in [6.45, 7) is 7.59. The third-order valence-electron chi connectivity index (χ3n) is 6.69. The second kappa shape index (κ2) is 17.6. The molecule has 1 fully saturated rings. The number of allylic oxidation sites excluding steroid dienone is 2. The summed E-state index contributed by atoms with van der Waals surface area (Å²) in [5.41, 5.74) is 0.815. The molecular weight excluding hydrogens is 324 g/mol. The van der Waals surface area contributed by atoms with Crippen LogP contribution in [-0.4, -0.2) is 0 Å². The lowest BCUT2D eigenvalue weighted by molar-refractivity contribution is 0.382. The smallest absolute Gasteiger partial charge is 0.0297 e. The normalized spacial score (nSPS) is 15.0. The van der Waals surface area contributed by atoms with Crippen LogP contribution in [0.2, 0.25) is 0 Å². The third kappa shape index (κ3) is 15.1. The van der Waals surface area contributed by atoms with Crippen molar-refractivity contribution in [3.8, 4) is 0 Å². The second-order valence-corrected chi connectivity index (χ2v) is 9.31. The van der Waals surface area contributed by atoms with Gasteiger partial charge >= 0.3 is 0 Å². The van der Waals surface area contributed by atoms with Gasteiger partial charge in [-0.15, -0.1) is 13.2 Å². The first-order valence-corrected chi connectivity index (χ1v) is 12.5. The molecule has 0 heteroatoms. The summed E-state index contributed by atoms with van der Waals surface area (Å²) in [6.07, 6.45) is 35.8. The minimum atomic E-state index is 0.815. The van der Waals surface area contributed by atoms with Crippen LogP contribution < -0.4 is 0 Å². The average Bonchev–Trinajstić information content (AvgIpc) is 3.45. The van der Waals surface area contributed by atoms with E-state index in [2.05, 4.69) is 25.3 Å². The van der Waals surface area contributed by atoms with Crippen LogP contribution in [0.15, 0.2) is 25.3 Å². The van der Waals surface area contributed by atoms with Gasteiger partial charge in [0.2, 0.25) is 0 Å². The lowest BCUT2D eigenvalue weighted by Gasteiger charge is -2.14. The maximum absolute atomic E-state index is 3.80. The molecule has 0 unspecified atom stereocenters. The maximum atomic E-state index is 3.80. The Morgan fingerprint density at radius 3 is 1.04 bits per heavy atom. The van der Waals surface area contributed by atoms with Crippen LogP contribution in [0.5, 0.6) is 0 Å². The van der Waals surface area contributed by atoms with E-state index in [1.54, 1.807) is 12.8 Å². The Balaban J connectivity index is 1.80. The van der Waals surface area contributed by atoms with Crippen LogP contribution in [0.1, 0.15) is 141 Å². The molecule has 0 aliphatic heterocycles. The Bertz CT molecular complexity index is 306. The summed E-state index contributed by atoms with van der Waals surface area (Å²) in [4.78, 5) is 0. The summed E-state index contributed by atoms with van der Waals surface area (Å²) >= 11 is 0. The highest BCUT2D eigenvalue weighted by molar-refractivity contribution is 4.92. The molecule has 0 aromatic rings. The van der Waals surface area contributed by atoms with Gasteiger partial charge < -0.3 is 0 Å². The van der Waals surface area contributed by atoms with Crippen molar-refractivity contribution in [3.63, 3.8) is 0 Å². The van der Waals surface area contributed by atoms with Crippen molar-refractivity contribution in [1.29, 1.82) is 0 Å². The van der Waals surface area contributed by atoms with E-state index in [0.29, 0.717) is 0 Å². The van der Waals surface area contributed by atoms with Gasteiger partial charge in [-0.25, -0.2) is 0 Å². The van der Waals surface area contributed by atoms with E-state index in [-0.39, 0.29) is 0 Å². The van der Waals surface area contributed by atoms with E-state index in [1.807, 2.05) is 0 Å². The van der Waals surface area contributed by atoms with Crippen LogP contribution >= 0.6 is 0 Å². The van der Waals surface area contributed by atoms with Crippen molar-refractivity contribution in [2.75, 3.05) is 0 Å². The van der Waals surface area contributed by atoms with Crippen LogP contribution in [0.25, 0.3) is 0 Å². The first kappa shape index (κ1) is 24.5. The standard InChI is InChI=1S/C27H50/c1-3-5-7-9-11-13-15-17-19-21-23-27(25-26-27)24-22-20-18-16-14-12-10-8-6-4-2/h3-4H,1-2,5-26H2. The highest BCUT2D eigenvalue weighted by atomic mass is 14.5. The van der Waals surface area contributed by atoms with E-state index >= 15 is 0 Å². The Morgan fingerprint density at radius 1 is 0.444 bits per heavy atom. The molecule has 1 aliphatic carbocycles. The molecule has 1 aliphatic rings. The molecule has 0 heterocycles. The fraction of sp³-hybridized carbons (Fsp3) is 0.852. The molecule has 1 saturated carbocycles. The van der Waals surface area contributed by atoms with Crippen molar-refractivity contribution in [1.82, 2.24) is 0 Å². The second-order valence-electron chi connectivity index (χ2n) is 9.31. The Hall–Kier alpha value is -0.520. The number of unbranched alkanes of at least 4 members (excludes halogenated alkanes) is 16. The van der Waals surface area contributed by atoms with Gasteiger partial charge in [0.1, 0.15) is 0 Å². The SMILES string of the molecule is C=CCCCCCCCCCCC1(CCCCCCCCCCC=C)CC1. The highest BCUT2D eigenvalue weighted by Crippen LogP contribution is 2.53. The molecule has 0 N–H and O–H groups in total. The average molecular weight is 375 g/mol. The summed E-state index contributed by atoms with van der Waals surface area (Å²) in [6, 6.07) is 0. The predicted molar refractivity (Wildman–Crippen MR) is 124 cm³/mol. The maximum Gasteiger partial charge on any atom is -0.0297 e. The van der Waals surface area contributed by atoms with Gasteiger partial charge in [-0.05, 0) is 56.8 Å². The van der Waals surface area contributed by atoms with E-state index in [1.165, 1.54) is 128 Å². The van der Waals surface area contributed by atoms with Crippen molar-refractivity contribution in [3.05, 3.63) is 25.3 Å². The Labute approximate surface area is 172 Å². The molecular formula is C27H50. The van der Waals surface area contributed by atoms with Crippen LogP contribution in [0, 0.1) is 5.41 Å². The highest BCUT2D eigenvalue weighted by Gasteiger charge is 2.40. The van der Waals surface area contributed by atoms with E-state index in [0.717, 1.165) is 5.41 Å². The van der Waals surface area contributed by atoms with Gasteiger partial charge in [0.05, 0.1) is 0 Å². The fourth-order valence-electron chi connectivity index (χ4n) is 4.50. The van der Waals surface area contributed by atoms with Crippen molar-refractivity contribution >= 4 is 0 Å². The van der Waals surface area contributed by atoms with Crippen molar-refractivity contribution in [2.45, 2.75) is 141 Å². The monoisotopic (exact) mass is 374 g/mol. The third-order valence-corrected chi connectivity index (χ3v) is 6.69. The number of hydrogen-bond acceptors (Lipinski definition) is 0. The van der Waals surface area contributed by atoms with Crippen LogP contribution in [-0.2, 0) is 0 Å². The van der Waals surface area contributed by atoms with E-state index < -0.39 is 0 Å². The van der Waals surface area contributed by atoms with E-state index in [4.69, 9.17) is 0 Å². The zero-order chi connectivity index (χ0) is 19.5. The molecule has 0 aromatic carbocycles. The molecule has 0 aromatic heterocycles. The van der Waals surface area contributed by atoms with Gasteiger partial charge in [-0.1, -0.05) is 102 Å². The van der Waals surface area contributed by atoms with Crippen molar-refractivity contribution < 1.29 is 0 Å². The summed E-state index contributed by atoms with van der Waals surface area (Å²) in [5, 5.41) is 0. The van der Waals surface area contributed by atoms with Gasteiger partial charge in [-0.2, -0.15) is 0 Å². The van der Waals surface area contributed by atoms with E-state index in [9.17, 15) is 0 Å². The summed E-state index contributed by atoms with van der Waals surface area (Å²) in [7, 11) is 0. The molecule has 158 valence electrons. The largest absolute Gasteiger partial charge is 0.103 e. The molecule has 0 saturated heterocycles. The first-order chi connectivity index (χ1) is 13.3. The zero-order valence-electron chi connectivity index (χ0n) is 18.6. The number of rotatable bonds is 22. The van der Waals surface area contributed by atoms with Gasteiger partial charge in [0.25, 0.3) is 0 Å². The van der Waals surface area contributed by atoms with Crippen molar-refractivity contribution in [2.24, 2.45) is 5.41 Å². The lowest BCUT2D eigenvalue weighted by atomic mass is 9.91. The van der Waals surface area contributed by atoms with Gasteiger partial charge in [0, 0.05) is 0 Å². The molecule has 1 rings (SSSR count).